The van der Waals surface area contributed by atoms with Gasteiger partial charge in [0.25, 0.3) is 0 Å². The van der Waals surface area contributed by atoms with Gasteiger partial charge in [-0.2, -0.15) is 0 Å². The molecule has 1 aromatic rings. The Labute approximate surface area is 129 Å². The Morgan fingerprint density at radius 1 is 1.19 bits per heavy atom. The van der Waals surface area contributed by atoms with E-state index < -0.39 is 0 Å². The molecule has 0 aromatic heterocycles. The molecule has 0 saturated carbocycles. The van der Waals surface area contributed by atoms with Crippen molar-refractivity contribution in [1.29, 1.82) is 0 Å². The van der Waals surface area contributed by atoms with Gasteiger partial charge in [0.1, 0.15) is 0 Å². The Morgan fingerprint density at radius 2 is 2.00 bits per heavy atom. The molecule has 1 unspecified atom stereocenters. The van der Waals surface area contributed by atoms with Gasteiger partial charge in [-0.25, -0.2) is 0 Å². The van der Waals surface area contributed by atoms with E-state index in [4.69, 9.17) is 9.47 Å². The highest BCUT2D eigenvalue weighted by Crippen LogP contribution is 2.17. The maximum atomic E-state index is 5.91. The summed E-state index contributed by atoms with van der Waals surface area (Å²) in [4.78, 5) is 0. The van der Waals surface area contributed by atoms with Crippen LogP contribution in [0.2, 0.25) is 0 Å². The first-order valence-corrected chi connectivity index (χ1v) is 8.31. The SMILES string of the molecule is C/C(=C/OCCCC1CCCCCCO1)c1ccccc1. The summed E-state index contributed by atoms with van der Waals surface area (Å²) in [7, 11) is 0. The van der Waals surface area contributed by atoms with Crippen molar-refractivity contribution in [3.63, 3.8) is 0 Å². The van der Waals surface area contributed by atoms with Crippen LogP contribution < -0.4 is 0 Å². The van der Waals surface area contributed by atoms with E-state index in [1.807, 2.05) is 12.3 Å². The molecule has 0 N–H and O–H groups in total. The Kier molecular flexibility index (Phi) is 7.37. The van der Waals surface area contributed by atoms with Crippen LogP contribution >= 0.6 is 0 Å². The fraction of sp³-hybridized carbons (Fsp3) is 0.579. The van der Waals surface area contributed by atoms with Crippen LogP contribution in [0.15, 0.2) is 36.6 Å². The van der Waals surface area contributed by atoms with Crippen LogP contribution in [0.5, 0.6) is 0 Å². The van der Waals surface area contributed by atoms with E-state index in [1.54, 1.807) is 0 Å². The Hall–Kier alpha value is -1.28. The molecule has 21 heavy (non-hydrogen) atoms. The highest BCUT2D eigenvalue weighted by Gasteiger charge is 2.11. The molecule has 0 radical (unpaired) electrons. The lowest BCUT2D eigenvalue weighted by Gasteiger charge is -2.20. The van der Waals surface area contributed by atoms with Crippen LogP contribution in [0.4, 0.5) is 0 Å². The number of hydrogen-bond acceptors (Lipinski definition) is 2. The fourth-order valence-corrected chi connectivity index (χ4v) is 2.74. The van der Waals surface area contributed by atoms with E-state index in [0.717, 1.165) is 26.1 Å². The average Bonchev–Trinajstić information content (AvgIpc) is 2.49. The van der Waals surface area contributed by atoms with Crippen molar-refractivity contribution in [2.45, 2.75) is 58.0 Å². The first-order valence-electron chi connectivity index (χ1n) is 8.31. The van der Waals surface area contributed by atoms with E-state index in [9.17, 15) is 0 Å². The lowest BCUT2D eigenvalue weighted by Crippen LogP contribution is -2.16. The molecule has 2 nitrogen and oxygen atoms in total. The smallest absolute Gasteiger partial charge is 0.0874 e. The molecule has 1 saturated heterocycles. The van der Waals surface area contributed by atoms with Crippen molar-refractivity contribution in [3.8, 4) is 0 Å². The Bertz CT molecular complexity index is 403. The molecule has 0 aliphatic carbocycles. The molecule has 116 valence electrons. The molecular formula is C19H28O2. The molecule has 1 aromatic carbocycles. The minimum atomic E-state index is 0.452. The third-order valence-corrected chi connectivity index (χ3v) is 4.05. The van der Waals surface area contributed by atoms with E-state index >= 15 is 0 Å². The van der Waals surface area contributed by atoms with Gasteiger partial charge >= 0.3 is 0 Å². The lowest BCUT2D eigenvalue weighted by atomic mass is 10.0. The molecule has 2 heteroatoms. The van der Waals surface area contributed by atoms with Gasteiger partial charge in [-0.15, -0.1) is 0 Å². The third kappa shape index (κ3) is 6.34. The molecule has 2 rings (SSSR count). The molecule has 1 heterocycles. The second-order valence-corrected chi connectivity index (χ2v) is 5.88. The van der Waals surface area contributed by atoms with Crippen LogP contribution in [-0.4, -0.2) is 19.3 Å². The van der Waals surface area contributed by atoms with Gasteiger partial charge in [-0.05, 0) is 43.7 Å². The number of hydrogen-bond donors (Lipinski definition) is 0. The molecule has 1 atom stereocenters. The van der Waals surface area contributed by atoms with E-state index in [2.05, 4.69) is 31.2 Å². The first-order chi connectivity index (χ1) is 10.4. The van der Waals surface area contributed by atoms with Crippen molar-refractivity contribution >= 4 is 5.57 Å². The number of allylic oxidation sites excluding steroid dienone is 1. The van der Waals surface area contributed by atoms with Crippen LogP contribution in [-0.2, 0) is 9.47 Å². The summed E-state index contributed by atoms with van der Waals surface area (Å²) >= 11 is 0. The molecule has 0 spiro atoms. The molecule has 1 aliphatic heterocycles. The van der Waals surface area contributed by atoms with Gasteiger partial charge in [0.05, 0.1) is 19.0 Å². The molecule has 1 aliphatic rings. The third-order valence-electron chi connectivity index (χ3n) is 4.05. The second-order valence-electron chi connectivity index (χ2n) is 5.88. The summed E-state index contributed by atoms with van der Waals surface area (Å²) in [5.41, 5.74) is 2.40. The van der Waals surface area contributed by atoms with Crippen molar-refractivity contribution < 1.29 is 9.47 Å². The number of benzene rings is 1. The fourth-order valence-electron chi connectivity index (χ4n) is 2.74. The van der Waals surface area contributed by atoms with Crippen molar-refractivity contribution in [1.82, 2.24) is 0 Å². The van der Waals surface area contributed by atoms with Crippen LogP contribution in [0.1, 0.15) is 57.4 Å². The second kappa shape index (κ2) is 9.62. The number of rotatable bonds is 6. The Balaban J connectivity index is 1.63. The molecular weight excluding hydrogens is 260 g/mol. The van der Waals surface area contributed by atoms with Crippen LogP contribution in [0.3, 0.4) is 0 Å². The zero-order chi connectivity index (χ0) is 14.8. The summed E-state index contributed by atoms with van der Waals surface area (Å²) in [5.74, 6) is 0. The minimum Gasteiger partial charge on any atom is -0.501 e. The van der Waals surface area contributed by atoms with Crippen molar-refractivity contribution in [2.24, 2.45) is 0 Å². The predicted octanol–water partition coefficient (Wildman–Crippen LogP) is 5.19. The topological polar surface area (TPSA) is 18.5 Å². The average molecular weight is 288 g/mol. The zero-order valence-electron chi connectivity index (χ0n) is 13.2. The highest BCUT2D eigenvalue weighted by molar-refractivity contribution is 5.62. The molecule has 0 amide bonds. The highest BCUT2D eigenvalue weighted by atomic mass is 16.5. The van der Waals surface area contributed by atoms with Crippen LogP contribution in [0.25, 0.3) is 5.57 Å². The lowest BCUT2D eigenvalue weighted by molar-refractivity contribution is 0.0257. The van der Waals surface area contributed by atoms with Gasteiger partial charge in [0, 0.05) is 6.61 Å². The van der Waals surface area contributed by atoms with Crippen molar-refractivity contribution in [3.05, 3.63) is 42.2 Å². The maximum absolute atomic E-state index is 5.91. The summed E-state index contributed by atoms with van der Waals surface area (Å²) in [5, 5.41) is 0. The normalized spacial score (nSPS) is 20.6. The van der Waals surface area contributed by atoms with Gasteiger partial charge in [-0.1, -0.05) is 49.6 Å². The van der Waals surface area contributed by atoms with E-state index in [0.29, 0.717) is 6.10 Å². The van der Waals surface area contributed by atoms with Gasteiger partial charge in [0.15, 0.2) is 0 Å². The van der Waals surface area contributed by atoms with Crippen molar-refractivity contribution in [2.75, 3.05) is 13.2 Å². The van der Waals surface area contributed by atoms with E-state index in [-0.39, 0.29) is 0 Å². The summed E-state index contributed by atoms with van der Waals surface area (Å²) in [6.07, 6.45) is 11.0. The first kappa shape index (κ1) is 16.1. The van der Waals surface area contributed by atoms with E-state index in [1.165, 1.54) is 43.2 Å². The summed E-state index contributed by atoms with van der Waals surface area (Å²) in [6, 6.07) is 10.4. The standard InChI is InChI=1S/C19H28O2/c1-17(18-10-5-4-6-11-18)16-20-14-9-13-19-12-7-2-3-8-15-21-19/h4-6,10-11,16,19H,2-3,7-9,12-15H2,1H3/b17-16-. The molecule has 1 fully saturated rings. The van der Waals surface area contributed by atoms with Gasteiger partial charge in [0.2, 0.25) is 0 Å². The summed E-state index contributed by atoms with van der Waals surface area (Å²) in [6.45, 7) is 3.82. The van der Waals surface area contributed by atoms with Crippen LogP contribution in [0, 0.1) is 0 Å². The van der Waals surface area contributed by atoms with Gasteiger partial charge in [-0.3, -0.25) is 0 Å². The Morgan fingerprint density at radius 3 is 2.86 bits per heavy atom. The monoisotopic (exact) mass is 288 g/mol. The van der Waals surface area contributed by atoms with Gasteiger partial charge < -0.3 is 9.47 Å². The minimum absolute atomic E-state index is 0.452. The maximum Gasteiger partial charge on any atom is 0.0874 e. The largest absolute Gasteiger partial charge is 0.501 e. The molecule has 0 bridgehead atoms. The predicted molar refractivity (Wildman–Crippen MR) is 88.1 cm³/mol. The quantitative estimate of drug-likeness (QED) is 0.529. The number of ether oxygens (including phenoxy) is 2. The summed E-state index contributed by atoms with van der Waals surface area (Å²) < 4.78 is 11.6. The zero-order valence-corrected chi connectivity index (χ0v) is 13.2.